The monoisotopic (exact) mass is 330 g/mol. The van der Waals surface area contributed by atoms with Crippen LogP contribution in [0.1, 0.15) is 37.0 Å². The minimum Gasteiger partial charge on any atom is -0.338 e. The van der Waals surface area contributed by atoms with Gasteiger partial charge in [-0.25, -0.2) is 13.6 Å². The lowest BCUT2D eigenvalue weighted by molar-refractivity contribution is 0.0583. The number of halogens is 1. The molecule has 1 fully saturated rings. The molecule has 1 aromatic carbocycles. The van der Waals surface area contributed by atoms with Gasteiger partial charge in [0.1, 0.15) is 4.90 Å². The van der Waals surface area contributed by atoms with E-state index in [0.29, 0.717) is 18.7 Å². The number of likely N-dealkylation sites (tertiary alicyclic amines) is 1. The third kappa shape index (κ3) is 3.75. The Morgan fingerprint density at radius 3 is 2.62 bits per heavy atom. The number of piperidine rings is 1. The molecule has 0 aromatic heterocycles. The van der Waals surface area contributed by atoms with Gasteiger partial charge in [0.25, 0.3) is 5.91 Å². The molecule has 2 N–H and O–H groups in total. The quantitative estimate of drug-likeness (QED) is 0.903. The van der Waals surface area contributed by atoms with E-state index >= 15 is 0 Å². The van der Waals surface area contributed by atoms with Crippen molar-refractivity contribution in [1.29, 1.82) is 0 Å². The topological polar surface area (TPSA) is 80.5 Å². The van der Waals surface area contributed by atoms with Gasteiger partial charge in [-0.05, 0) is 36.5 Å². The first-order valence-electron chi connectivity index (χ1n) is 6.72. The Balaban J connectivity index is 2.32. The minimum atomic E-state index is -3.95. The van der Waals surface area contributed by atoms with Crippen LogP contribution >= 0.6 is 11.6 Å². The third-order valence-electron chi connectivity index (χ3n) is 3.67. The average Bonchev–Trinajstić information content (AvgIpc) is 2.36. The molecule has 1 heterocycles. The molecule has 1 aliphatic heterocycles. The number of sulfonamides is 1. The fraction of sp³-hybridized carbons (Fsp3) is 0.500. The van der Waals surface area contributed by atoms with Crippen LogP contribution in [0.15, 0.2) is 23.1 Å². The summed E-state index contributed by atoms with van der Waals surface area (Å²) in [6.45, 7) is 5.56. The molecular weight excluding hydrogens is 312 g/mol. The number of benzene rings is 1. The fourth-order valence-electron chi connectivity index (χ4n) is 2.63. The maximum Gasteiger partial charge on any atom is 0.253 e. The average molecular weight is 331 g/mol. The maximum absolute atomic E-state index is 12.5. The molecule has 116 valence electrons. The first-order chi connectivity index (χ1) is 9.60. The molecule has 7 heteroatoms. The molecule has 0 unspecified atom stereocenters. The summed E-state index contributed by atoms with van der Waals surface area (Å²) in [6.07, 6.45) is 2.01. The molecular formula is C14H19ClN2O3S. The molecule has 0 radical (unpaired) electrons. The lowest BCUT2D eigenvalue weighted by atomic mass is 9.84. The molecule has 1 saturated heterocycles. The Hall–Kier alpha value is -1.11. The molecule has 21 heavy (non-hydrogen) atoms. The smallest absolute Gasteiger partial charge is 0.253 e. The Morgan fingerprint density at radius 1 is 1.38 bits per heavy atom. The Kier molecular flexibility index (Phi) is 4.33. The van der Waals surface area contributed by atoms with Crippen molar-refractivity contribution in [2.45, 2.75) is 31.6 Å². The van der Waals surface area contributed by atoms with E-state index in [4.69, 9.17) is 16.7 Å². The molecule has 2 rings (SSSR count). The van der Waals surface area contributed by atoms with Crippen LogP contribution in [0, 0.1) is 5.41 Å². The number of primary sulfonamides is 1. The molecule has 1 aromatic rings. The first-order valence-corrected chi connectivity index (χ1v) is 8.64. The van der Waals surface area contributed by atoms with E-state index in [-0.39, 0.29) is 21.2 Å². The van der Waals surface area contributed by atoms with Gasteiger partial charge in [0.2, 0.25) is 10.0 Å². The summed E-state index contributed by atoms with van der Waals surface area (Å²) in [6, 6.07) is 4.17. The molecule has 5 nitrogen and oxygen atoms in total. The van der Waals surface area contributed by atoms with Gasteiger partial charge in [0.05, 0.1) is 5.02 Å². The Bertz CT molecular complexity index is 671. The predicted octanol–water partition coefficient (Wildman–Crippen LogP) is 2.25. The number of rotatable bonds is 2. The molecule has 0 atom stereocenters. The van der Waals surface area contributed by atoms with Gasteiger partial charge in [0, 0.05) is 18.7 Å². The van der Waals surface area contributed by atoms with Crippen LogP contribution in [0.25, 0.3) is 0 Å². The van der Waals surface area contributed by atoms with Crippen molar-refractivity contribution in [3.63, 3.8) is 0 Å². The van der Waals surface area contributed by atoms with Crippen molar-refractivity contribution in [1.82, 2.24) is 4.90 Å². The predicted molar refractivity (Wildman–Crippen MR) is 81.7 cm³/mol. The SMILES string of the molecule is CC1(C)CCCN(C(=O)c2ccc(Cl)c(S(N)(=O)=O)c2)C1. The van der Waals surface area contributed by atoms with E-state index < -0.39 is 10.0 Å². The Labute approximate surface area is 130 Å². The number of carbonyl (C=O) groups is 1. The summed E-state index contributed by atoms with van der Waals surface area (Å²) in [5, 5.41) is 5.13. The zero-order valence-electron chi connectivity index (χ0n) is 12.1. The maximum atomic E-state index is 12.5. The largest absolute Gasteiger partial charge is 0.338 e. The van der Waals surface area contributed by atoms with Crippen LogP contribution in [0.3, 0.4) is 0 Å². The second-order valence-electron chi connectivity index (χ2n) is 6.18. The van der Waals surface area contributed by atoms with E-state index in [9.17, 15) is 13.2 Å². The highest BCUT2D eigenvalue weighted by atomic mass is 35.5. The number of hydrogen-bond donors (Lipinski definition) is 1. The molecule has 0 aliphatic carbocycles. The highest BCUT2D eigenvalue weighted by Crippen LogP contribution is 2.30. The van der Waals surface area contributed by atoms with Gasteiger partial charge in [-0.1, -0.05) is 25.4 Å². The lowest BCUT2D eigenvalue weighted by Crippen LogP contribution is -2.43. The third-order valence-corrected chi connectivity index (χ3v) is 5.06. The minimum absolute atomic E-state index is 0.0213. The lowest BCUT2D eigenvalue weighted by Gasteiger charge is -2.38. The standard InChI is InChI=1S/C14H19ClN2O3S/c1-14(2)6-3-7-17(9-14)13(18)10-4-5-11(15)12(8-10)21(16,19)20/h4-5,8H,3,6-7,9H2,1-2H3,(H2,16,19,20). The van der Waals surface area contributed by atoms with Crippen molar-refractivity contribution in [3.8, 4) is 0 Å². The van der Waals surface area contributed by atoms with E-state index in [0.717, 1.165) is 12.8 Å². The van der Waals surface area contributed by atoms with Crippen molar-refractivity contribution >= 4 is 27.5 Å². The van der Waals surface area contributed by atoms with Crippen LogP contribution in [0.4, 0.5) is 0 Å². The van der Waals surface area contributed by atoms with Crippen molar-refractivity contribution in [3.05, 3.63) is 28.8 Å². The molecule has 1 amide bonds. The number of nitrogens with two attached hydrogens (primary N) is 1. The zero-order chi connectivity index (χ0) is 15.8. The first kappa shape index (κ1) is 16.3. The highest BCUT2D eigenvalue weighted by Gasteiger charge is 2.30. The Morgan fingerprint density at radius 2 is 2.05 bits per heavy atom. The van der Waals surface area contributed by atoms with Crippen LogP contribution < -0.4 is 5.14 Å². The fourth-order valence-corrected chi connectivity index (χ4v) is 3.70. The van der Waals surface area contributed by atoms with Crippen LogP contribution in [0.2, 0.25) is 5.02 Å². The van der Waals surface area contributed by atoms with Crippen LogP contribution in [-0.4, -0.2) is 32.3 Å². The number of hydrogen-bond acceptors (Lipinski definition) is 3. The van der Waals surface area contributed by atoms with E-state index in [1.54, 1.807) is 4.90 Å². The summed E-state index contributed by atoms with van der Waals surface area (Å²) in [5.41, 5.74) is 0.365. The van der Waals surface area contributed by atoms with Crippen LogP contribution in [0.5, 0.6) is 0 Å². The van der Waals surface area contributed by atoms with Crippen molar-refractivity contribution in [2.24, 2.45) is 10.6 Å². The zero-order valence-corrected chi connectivity index (χ0v) is 13.7. The second-order valence-corrected chi connectivity index (χ2v) is 8.12. The van der Waals surface area contributed by atoms with Crippen LogP contribution in [-0.2, 0) is 10.0 Å². The van der Waals surface area contributed by atoms with Gasteiger partial charge in [-0.2, -0.15) is 0 Å². The van der Waals surface area contributed by atoms with E-state index in [1.165, 1.54) is 18.2 Å². The number of nitrogens with zero attached hydrogens (tertiary/aromatic N) is 1. The molecule has 0 bridgehead atoms. The summed E-state index contributed by atoms with van der Waals surface area (Å²) in [7, 11) is -3.95. The normalized spacial score (nSPS) is 18.6. The van der Waals surface area contributed by atoms with Gasteiger partial charge < -0.3 is 4.90 Å². The molecule has 0 saturated carbocycles. The van der Waals surface area contributed by atoms with E-state index in [1.807, 2.05) is 0 Å². The molecule has 1 aliphatic rings. The van der Waals surface area contributed by atoms with Gasteiger partial charge in [-0.3, -0.25) is 4.79 Å². The highest BCUT2D eigenvalue weighted by molar-refractivity contribution is 7.89. The number of amides is 1. The summed E-state index contributed by atoms with van der Waals surface area (Å²) in [4.78, 5) is 14.1. The van der Waals surface area contributed by atoms with Gasteiger partial charge >= 0.3 is 0 Å². The molecule has 0 spiro atoms. The van der Waals surface area contributed by atoms with Gasteiger partial charge in [0.15, 0.2) is 0 Å². The van der Waals surface area contributed by atoms with Crippen molar-refractivity contribution < 1.29 is 13.2 Å². The number of carbonyl (C=O) groups excluding carboxylic acids is 1. The summed E-state index contributed by atoms with van der Waals surface area (Å²) in [5.74, 6) is -0.190. The summed E-state index contributed by atoms with van der Waals surface area (Å²) < 4.78 is 23.0. The second kappa shape index (κ2) is 5.59. The van der Waals surface area contributed by atoms with E-state index in [2.05, 4.69) is 13.8 Å². The van der Waals surface area contributed by atoms with Gasteiger partial charge in [-0.15, -0.1) is 0 Å². The van der Waals surface area contributed by atoms with Crippen molar-refractivity contribution in [2.75, 3.05) is 13.1 Å². The summed E-state index contributed by atoms with van der Waals surface area (Å²) >= 11 is 5.83.